The first-order valence-electron chi connectivity index (χ1n) is 10.0. The minimum atomic E-state index is -3.79. The summed E-state index contributed by atoms with van der Waals surface area (Å²) < 4.78 is 32.5. The number of benzene rings is 3. The molecule has 0 unspecified atom stereocenters. The fourth-order valence-electron chi connectivity index (χ4n) is 3.08. The lowest BCUT2D eigenvalue weighted by atomic mass is 10.2. The maximum atomic E-state index is 13.0. The first-order chi connectivity index (χ1) is 15.3. The number of esters is 1. The van der Waals surface area contributed by atoms with E-state index in [9.17, 15) is 18.0 Å². The number of carbonyl (C=O) groups is 2. The second-order valence-corrected chi connectivity index (χ2v) is 8.76. The van der Waals surface area contributed by atoms with Gasteiger partial charge in [-0.15, -0.1) is 0 Å². The molecule has 0 fully saturated rings. The number of para-hydroxylation sites is 2. The molecule has 0 aromatic heterocycles. The van der Waals surface area contributed by atoms with E-state index in [0.29, 0.717) is 11.4 Å². The van der Waals surface area contributed by atoms with Crippen molar-refractivity contribution in [2.45, 2.75) is 11.8 Å². The summed E-state index contributed by atoms with van der Waals surface area (Å²) in [6.45, 7) is 1.58. The number of carbonyl (C=O) groups excluding carboxylic acids is 2. The van der Waals surface area contributed by atoms with E-state index >= 15 is 0 Å². The van der Waals surface area contributed by atoms with E-state index in [1.807, 2.05) is 12.1 Å². The number of anilines is 2. The second kappa shape index (κ2) is 10.1. The van der Waals surface area contributed by atoms with Gasteiger partial charge in [0.2, 0.25) is 0 Å². The summed E-state index contributed by atoms with van der Waals surface area (Å²) in [7, 11) is -2.20. The smallest absolute Gasteiger partial charge is 0.338 e. The van der Waals surface area contributed by atoms with Gasteiger partial charge in [0.1, 0.15) is 0 Å². The SMILES string of the molecule is CCN(c1ccccc1)S(=O)(=O)c1ccc(C(=O)OCC(=O)N(C)c2ccccc2)cc1. The molecule has 7 nitrogen and oxygen atoms in total. The van der Waals surface area contributed by atoms with E-state index in [-0.39, 0.29) is 22.9 Å². The van der Waals surface area contributed by atoms with Crippen molar-refractivity contribution in [3.05, 3.63) is 90.5 Å². The van der Waals surface area contributed by atoms with Crippen LogP contribution >= 0.6 is 0 Å². The molecule has 1 amide bonds. The molecule has 0 heterocycles. The lowest BCUT2D eigenvalue weighted by Crippen LogP contribution is -2.31. The fraction of sp³-hybridized carbons (Fsp3) is 0.167. The number of hydrogen-bond donors (Lipinski definition) is 0. The van der Waals surface area contributed by atoms with Crippen molar-refractivity contribution in [2.75, 3.05) is 29.4 Å². The fourth-order valence-corrected chi connectivity index (χ4v) is 4.55. The lowest BCUT2D eigenvalue weighted by molar-refractivity contribution is -0.121. The van der Waals surface area contributed by atoms with E-state index < -0.39 is 22.6 Å². The van der Waals surface area contributed by atoms with Crippen molar-refractivity contribution in [1.82, 2.24) is 0 Å². The van der Waals surface area contributed by atoms with Gasteiger partial charge in [-0.3, -0.25) is 9.10 Å². The van der Waals surface area contributed by atoms with E-state index in [0.717, 1.165) is 0 Å². The van der Waals surface area contributed by atoms with Crippen molar-refractivity contribution < 1.29 is 22.7 Å². The van der Waals surface area contributed by atoms with Gasteiger partial charge in [-0.05, 0) is 55.5 Å². The molecule has 166 valence electrons. The van der Waals surface area contributed by atoms with Crippen LogP contribution in [0.1, 0.15) is 17.3 Å². The zero-order chi connectivity index (χ0) is 23.1. The summed E-state index contributed by atoms with van der Waals surface area (Å²) in [5.41, 5.74) is 1.39. The van der Waals surface area contributed by atoms with Crippen molar-refractivity contribution in [2.24, 2.45) is 0 Å². The summed E-state index contributed by atoms with van der Waals surface area (Å²) in [6, 6.07) is 23.2. The van der Waals surface area contributed by atoms with E-state index in [1.165, 1.54) is 33.5 Å². The summed E-state index contributed by atoms with van der Waals surface area (Å²) in [5.74, 6) is -1.09. The zero-order valence-electron chi connectivity index (χ0n) is 17.8. The van der Waals surface area contributed by atoms with Gasteiger partial charge in [0.15, 0.2) is 6.61 Å². The van der Waals surface area contributed by atoms with Gasteiger partial charge in [-0.2, -0.15) is 0 Å². The Bertz CT molecular complexity index is 1160. The molecule has 3 rings (SSSR count). The Morgan fingerprint density at radius 3 is 1.88 bits per heavy atom. The third-order valence-electron chi connectivity index (χ3n) is 4.85. The van der Waals surface area contributed by atoms with E-state index in [2.05, 4.69) is 0 Å². The summed E-state index contributed by atoms with van der Waals surface area (Å²) in [4.78, 5) is 26.0. The van der Waals surface area contributed by atoms with Gasteiger partial charge < -0.3 is 9.64 Å². The number of likely N-dealkylation sites (N-methyl/N-ethyl adjacent to an activating group) is 1. The largest absolute Gasteiger partial charge is 0.452 e. The van der Waals surface area contributed by atoms with Crippen LogP contribution in [-0.4, -0.2) is 40.5 Å². The molecule has 3 aromatic carbocycles. The Balaban J connectivity index is 1.67. The molecule has 0 aliphatic carbocycles. The molecule has 32 heavy (non-hydrogen) atoms. The number of hydrogen-bond acceptors (Lipinski definition) is 5. The van der Waals surface area contributed by atoms with Crippen LogP contribution in [0.2, 0.25) is 0 Å². The predicted octanol–water partition coefficient (Wildman–Crippen LogP) is 3.72. The minimum Gasteiger partial charge on any atom is -0.452 e. The highest BCUT2D eigenvalue weighted by Crippen LogP contribution is 2.23. The van der Waals surface area contributed by atoms with Crippen LogP contribution in [0.5, 0.6) is 0 Å². The molecule has 0 spiro atoms. The highest BCUT2D eigenvalue weighted by molar-refractivity contribution is 7.92. The molecular formula is C24H24N2O5S. The highest BCUT2D eigenvalue weighted by atomic mass is 32.2. The number of amides is 1. The molecule has 0 N–H and O–H groups in total. The van der Waals surface area contributed by atoms with Gasteiger partial charge in [-0.25, -0.2) is 13.2 Å². The molecule has 0 atom stereocenters. The van der Waals surface area contributed by atoms with E-state index in [4.69, 9.17) is 4.74 Å². The van der Waals surface area contributed by atoms with Crippen LogP contribution in [0.3, 0.4) is 0 Å². The molecule has 3 aromatic rings. The number of rotatable bonds is 8. The molecule has 0 aliphatic rings. The monoisotopic (exact) mass is 452 g/mol. The number of sulfonamides is 1. The van der Waals surface area contributed by atoms with E-state index in [1.54, 1.807) is 62.5 Å². The molecule has 0 bridgehead atoms. The summed E-state index contributed by atoms with van der Waals surface area (Å²) >= 11 is 0. The standard InChI is InChI=1S/C24H24N2O5S/c1-3-26(21-12-8-5-9-13-21)32(29,30)22-16-14-19(15-17-22)24(28)31-18-23(27)25(2)20-10-6-4-7-11-20/h4-17H,3,18H2,1-2H3. The molecule has 8 heteroatoms. The Kier molecular flexibility index (Phi) is 7.27. The number of ether oxygens (including phenoxy) is 1. The van der Waals surface area contributed by atoms with Gasteiger partial charge >= 0.3 is 5.97 Å². The van der Waals surface area contributed by atoms with Crippen LogP contribution < -0.4 is 9.21 Å². The van der Waals surface area contributed by atoms with Crippen molar-refractivity contribution in [3.8, 4) is 0 Å². The second-order valence-electron chi connectivity index (χ2n) is 6.89. The van der Waals surface area contributed by atoms with Gasteiger partial charge in [0.25, 0.3) is 15.9 Å². The summed E-state index contributed by atoms with van der Waals surface area (Å²) in [6.07, 6.45) is 0. The molecular weight excluding hydrogens is 428 g/mol. The maximum Gasteiger partial charge on any atom is 0.338 e. The quantitative estimate of drug-likeness (QED) is 0.487. The van der Waals surface area contributed by atoms with Crippen molar-refractivity contribution in [3.63, 3.8) is 0 Å². The third-order valence-corrected chi connectivity index (χ3v) is 6.77. The summed E-state index contributed by atoms with van der Waals surface area (Å²) in [5, 5.41) is 0. The lowest BCUT2D eigenvalue weighted by Gasteiger charge is -2.23. The van der Waals surface area contributed by atoms with Crippen molar-refractivity contribution in [1.29, 1.82) is 0 Å². The minimum absolute atomic E-state index is 0.0552. The van der Waals surface area contributed by atoms with Crippen LogP contribution in [0, 0.1) is 0 Å². The Hall–Kier alpha value is -3.65. The Morgan fingerprint density at radius 2 is 1.34 bits per heavy atom. The molecule has 0 saturated carbocycles. The van der Waals surface area contributed by atoms with Crippen LogP contribution in [0.25, 0.3) is 0 Å². The van der Waals surface area contributed by atoms with Crippen LogP contribution in [-0.2, 0) is 19.6 Å². The average Bonchev–Trinajstić information content (AvgIpc) is 2.83. The number of nitrogens with zero attached hydrogens (tertiary/aromatic N) is 2. The normalized spacial score (nSPS) is 10.9. The zero-order valence-corrected chi connectivity index (χ0v) is 18.7. The molecule has 0 saturated heterocycles. The van der Waals surface area contributed by atoms with Gasteiger partial charge in [0, 0.05) is 19.3 Å². The van der Waals surface area contributed by atoms with Gasteiger partial charge in [-0.1, -0.05) is 36.4 Å². The van der Waals surface area contributed by atoms with Crippen LogP contribution in [0.15, 0.2) is 89.8 Å². The van der Waals surface area contributed by atoms with Gasteiger partial charge in [0.05, 0.1) is 16.1 Å². The van der Waals surface area contributed by atoms with Crippen LogP contribution in [0.4, 0.5) is 11.4 Å². The average molecular weight is 453 g/mol. The molecule has 0 aliphatic heterocycles. The molecule has 0 radical (unpaired) electrons. The van der Waals surface area contributed by atoms with Crippen molar-refractivity contribution >= 4 is 33.3 Å². The topological polar surface area (TPSA) is 84.0 Å². The highest BCUT2D eigenvalue weighted by Gasteiger charge is 2.24. The first-order valence-corrected chi connectivity index (χ1v) is 11.4. The first kappa shape index (κ1) is 23.0. The predicted molar refractivity (Wildman–Crippen MR) is 123 cm³/mol. The third kappa shape index (κ3) is 5.15. The Morgan fingerprint density at radius 1 is 0.812 bits per heavy atom. The Labute approximate surface area is 187 Å². The maximum absolute atomic E-state index is 13.0.